The van der Waals surface area contributed by atoms with Gasteiger partial charge < -0.3 is 5.32 Å². The van der Waals surface area contributed by atoms with Crippen molar-refractivity contribution in [1.82, 2.24) is 15.3 Å². The van der Waals surface area contributed by atoms with E-state index in [0.717, 1.165) is 41.9 Å². The number of benzene rings is 1. The highest BCUT2D eigenvalue weighted by Crippen LogP contribution is 2.29. The molecule has 1 aromatic heterocycles. The first-order valence-electron chi connectivity index (χ1n) is 7.42. The van der Waals surface area contributed by atoms with E-state index < -0.39 is 0 Å². The van der Waals surface area contributed by atoms with Gasteiger partial charge in [-0.3, -0.25) is 4.79 Å². The van der Waals surface area contributed by atoms with Crippen LogP contribution in [0.15, 0.2) is 36.5 Å². The summed E-state index contributed by atoms with van der Waals surface area (Å²) in [5.41, 5.74) is 3.04. The maximum absolute atomic E-state index is 11.7. The van der Waals surface area contributed by atoms with Crippen molar-refractivity contribution in [2.75, 3.05) is 0 Å². The van der Waals surface area contributed by atoms with Crippen LogP contribution in [-0.2, 0) is 11.2 Å². The molecule has 0 bridgehead atoms. The molecule has 0 unspecified atom stereocenters. The second-order valence-electron chi connectivity index (χ2n) is 5.25. The average molecular weight is 291 g/mol. The van der Waals surface area contributed by atoms with Crippen LogP contribution in [0.1, 0.15) is 37.1 Å². The first kappa shape index (κ1) is 14.3. The summed E-state index contributed by atoms with van der Waals surface area (Å²) in [5.74, 6) is 5.63. The van der Waals surface area contributed by atoms with Gasteiger partial charge in [-0.15, -0.1) is 0 Å². The van der Waals surface area contributed by atoms with Crippen LogP contribution in [0, 0.1) is 11.8 Å². The molecule has 3 rings (SSSR count). The van der Waals surface area contributed by atoms with E-state index >= 15 is 0 Å². The zero-order chi connectivity index (χ0) is 15.4. The van der Waals surface area contributed by atoms with E-state index in [9.17, 15) is 4.79 Å². The molecule has 1 aromatic carbocycles. The lowest BCUT2D eigenvalue weighted by Gasteiger charge is -2.24. The Balaban J connectivity index is 1.89. The highest BCUT2D eigenvalue weighted by atomic mass is 16.1. The third-order valence-corrected chi connectivity index (χ3v) is 3.76. The molecule has 0 radical (unpaired) electrons. The number of aromatic nitrogens is 2. The van der Waals surface area contributed by atoms with E-state index in [-0.39, 0.29) is 11.9 Å². The van der Waals surface area contributed by atoms with Crippen molar-refractivity contribution in [2.24, 2.45) is 0 Å². The SMILES string of the molecule is CC#CC(=O)N[C@H]1CCCc2nc(-c3ccccc3)ncc21. The molecule has 4 nitrogen and oxygen atoms in total. The van der Waals surface area contributed by atoms with Crippen LogP contribution in [0.5, 0.6) is 0 Å². The van der Waals surface area contributed by atoms with Gasteiger partial charge in [0.05, 0.1) is 6.04 Å². The number of rotatable bonds is 2. The van der Waals surface area contributed by atoms with Gasteiger partial charge >= 0.3 is 0 Å². The number of carbonyl (C=O) groups excluding carboxylic acids is 1. The summed E-state index contributed by atoms with van der Waals surface area (Å²) in [5, 5.41) is 2.94. The Morgan fingerprint density at radius 1 is 1.32 bits per heavy atom. The number of hydrogen-bond acceptors (Lipinski definition) is 3. The zero-order valence-electron chi connectivity index (χ0n) is 12.5. The second kappa shape index (κ2) is 6.40. The fraction of sp³-hybridized carbons (Fsp3) is 0.278. The van der Waals surface area contributed by atoms with Crippen molar-refractivity contribution >= 4 is 5.91 Å². The normalized spacial score (nSPS) is 16.1. The Hall–Kier alpha value is -2.67. The first-order valence-corrected chi connectivity index (χ1v) is 7.42. The molecule has 1 N–H and O–H groups in total. The fourth-order valence-corrected chi connectivity index (χ4v) is 2.73. The van der Waals surface area contributed by atoms with Gasteiger partial charge in [-0.2, -0.15) is 0 Å². The minimum absolute atomic E-state index is 0.0399. The molecule has 110 valence electrons. The van der Waals surface area contributed by atoms with Crippen LogP contribution in [0.4, 0.5) is 0 Å². The third kappa shape index (κ3) is 2.99. The van der Waals surface area contributed by atoms with E-state index in [1.165, 1.54) is 0 Å². The molecular formula is C18H17N3O. The van der Waals surface area contributed by atoms with E-state index in [4.69, 9.17) is 0 Å². The van der Waals surface area contributed by atoms with E-state index in [2.05, 4.69) is 27.1 Å². The summed E-state index contributed by atoms with van der Waals surface area (Å²) in [7, 11) is 0. The van der Waals surface area contributed by atoms with Gasteiger partial charge in [0.2, 0.25) is 0 Å². The number of aryl methyl sites for hydroxylation is 1. The number of nitrogens with zero attached hydrogens (tertiary/aromatic N) is 2. The van der Waals surface area contributed by atoms with Gasteiger partial charge in [-0.1, -0.05) is 36.3 Å². The minimum Gasteiger partial charge on any atom is -0.338 e. The summed E-state index contributed by atoms with van der Waals surface area (Å²) in [6.07, 6.45) is 4.67. The Morgan fingerprint density at radius 2 is 2.14 bits per heavy atom. The van der Waals surface area contributed by atoms with Gasteiger partial charge in [-0.05, 0) is 32.1 Å². The predicted octanol–water partition coefficient (Wildman–Crippen LogP) is 2.66. The molecule has 0 saturated heterocycles. The largest absolute Gasteiger partial charge is 0.338 e. The van der Waals surface area contributed by atoms with Gasteiger partial charge in [0.15, 0.2) is 5.82 Å². The lowest BCUT2D eigenvalue weighted by molar-refractivity contribution is -0.116. The molecule has 1 heterocycles. The van der Waals surface area contributed by atoms with Crippen LogP contribution in [0.2, 0.25) is 0 Å². The van der Waals surface area contributed by atoms with Gasteiger partial charge in [0.1, 0.15) is 0 Å². The second-order valence-corrected chi connectivity index (χ2v) is 5.25. The zero-order valence-corrected chi connectivity index (χ0v) is 12.5. The van der Waals surface area contributed by atoms with E-state index in [1.807, 2.05) is 36.5 Å². The third-order valence-electron chi connectivity index (χ3n) is 3.76. The van der Waals surface area contributed by atoms with Crippen LogP contribution in [-0.4, -0.2) is 15.9 Å². The molecule has 0 saturated carbocycles. The lowest BCUT2D eigenvalue weighted by atomic mass is 9.92. The topological polar surface area (TPSA) is 54.9 Å². The molecule has 0 aliphatic heterocycles. The van der Waals surface area contributed by atoms with Crippen molar-refractivity contribution in [3.8, 4) is 23.2 Å². The summed E-state index contributed by atoms with van der Waals surface area (Å²) >= 11 is 0. The molecule has 4 heteroatoms. The molecular weight excluding hydrogens is 274 g/mol. The van der Waals surface area contributed by atoms with Crippen LogP contribution in [0.3, 0.4) is 0 Å². The molecule has 22 heavy (non-hydrogen) atoms. The molecule has 1 amide bonds. The Bertz CT molecular complexity index is 744. The van der Waals surface area contributed by atoms with Gasteiger partial charge in [0.25, 0.3) is 5.91 Å². The summed E-state index contributed by atoms with van der Waals surface area (Å²) in [4.78, 5) is 20.8. The van der Waals surface area contributed by atoms with Crippen molar-refractivity contribution < 1.29 is 4.79 Å². The number of amides is 1. The van der Waals surface area contributed by atoms with Crippen LogP contribution in [0.25, 0.3) is 11.4 Å². The van der Waals surface area contributed by atoms with Gasteiger partial charge in [0, 0.05) is 23.0 Å². The molecule has 0 fully saturated rings. The lowest BCUT2D eigenvalue weighted by Crippen LogP contribution is -2.30. The molecule has 1 aliphatic rings. The molecule has 1 atom stereocenters. The average Bonchev–Trinajstić information content (AvgIpc) is 2.56. The number of hydrogen-bond donors (Lipinski definition) is 1. The number of fused-ring (bicyclic) bond motifs is 1. The highest BCUT2D eigenvalue weighted by molar-refractivity contribution is 5.93. The van der Waals surface area contributed by atoms with Crippen molar-refractivity contribution in [2.45, 2.75) is 32.2 Å². The molecule has 2 aromatic rings. The molecule has 1 aliphatic carbocycles. The Kier molecular flexibility index (Phi) is 4.15. The smallest absolute Gasteiger partial charge is 0.296 e. The maximum atomic E-state index is 11.7. The highest BCUT2D eigenvalue weighted by Gasteiger charge is 2.23. The Morgan fingerprint density at radius 3 is 2.91 bits per heavy atom. The predicted molar refractivity (Wildman–Crippen MR) is 84.7 cm³/mol. The Labute approximate surface area is 130 Å². The summed E-state index contributed by atoms with van der Waals surface area (Å²) in [6.45, 7) is 1.66. The van der Waals surface area contributed by atoms with Gasteiger partial charge in [-0.25, -0.2) is 9.97 Å². The van der Waals surface area contributed by atoms with Crippen LogP contribution >= 0.6 is 0 Å². The van der Waals surface area contributed by atoms with Crippen molar-refractivity contribution in [1.29, 1.82) is 0 Å². The van der Waals surface area contributed by atoms with E-state index in [0.29, 0.717) is 0 Å². The van der Waals surface area contributed by atoms with Crippen molar-refractivity contribution in [3.05, 3.63) is 47.8 Å². The standard InChI is InChI=1S/C18H17N3O/c1-2-7-17(22)20-15-10-6-11-16-14(15)12-19-18(21-16)13-8-4-3-5-9-13/h3-5,8-9,12,15H,6,10-11H2,1H3,(H,20,22)/t15-/m0/s1. The van der Waals surface area contributed by atoms with E-state index in [1.54, 1.807) is 6.92 Å². The number of nitrogens with one attached hydrogen (secondary N) is 1. The monoisotopic (exact) mass is 291 g/mol. The number of carbonyl (C=O) groups is 1. The fourth-order valence-electron chi connectivity index (χ4n) is 2.73. The molecule has 0 spiro atoms. The maximum Gasteiger partial charge on any atom is 0.296 e. The first-order chi connectivity index (χ1) is 10.8. The quantitative estimate of drug-likeness (QED) is 0.865. The minimum atomic E-state index is -0.243. The summed E-state index contributed by atoms with van der Waals surface area (Å²) < 4.78 is 0. The summed E-state index contributed by atoms with van der Waals surface area (Å²) in [6, 6.07) is 9.89. The van der Waals surface area contributed by atoms with Crippen molar-refractivity contribution in [3.63, 3.8) is 0 Å². The van der Waals surface area contributed by atoms with Crippen LogP contribution < -0.4 is 5.32 Å².